The molecule has 2 aromatic carbocycles. The number of carbonyl (C=O) groups excluding carboxylic acids is 2. The van der Waals surface area contributed by atoms with Gasteiger partial charge in [0.1, 0.15) is 5.84 Å². The van der Waals surface area contributed by atoms with Gasteiger partial charge in [-0.2, -0.15) is 0 Å². The predicted molar refractivity (Wildman–Crippen MR) is 119 cm³/mol. The van der Waals surface area contributed by atoms with Gasteiger partial charge in [-0.25, -0.2) is 0 Å². The molecule has 4 N–H and O–H groups in total. The molecule has 5 rings (SSSR count). The number of carbonyl (C=O) groups is 2. The van der Waals surface area contributed by atoms with Crippen molar-refractivity contribution in [1.82, 2.24) is 10.3 Å². The number of benzene rings is 2. The molecule has 2 aliphatic heterocycles. The summed E-state index contributed by atoms with van der Waals surface area (Å²) in [6, 6.07) is 14.4. The SMILES string of the molecule is N=C1NCc2cc(NC(=O)[C@H](O)[C@H]3OCCN(c4ccc5cccnc5c4)C3=O)ccc21. The molecular formula is C23H21N5O4. The van der Waals surface area contributed by atoms with E-state index in [1.165, 1.54) is 4.90 Å². The minimum atomic E-state index is -1.67. The smallest absolute Gasteiger partial charge is 0.259 e. The van der Waals surface area contributed by atoms with Crippen LogP contribution in [0.4, 0.5) is 11.4 Å². The Bertz CT molecular complexity index is 1240. The minimum Gasteiger partial charge on any atom is -0.380 e. The number of nitrogens with zero attached hydrogens (tertiary/aromatic N) is 2. The summed E-state index contributed by atoms with van der Waals surface area (Å²) in [4.78, 5) is 31.5. The molecule has 32 heavy (non-hydrogen) atoms. The monoisotopic (exact) mass is 431 g/mol. The third-order valence-electron chi connectivity index (χ3n) is 5.68. The van der Waals surface area contributed by atoms with E-state index in [1.54, 1.807) is 30.5 Å². The van der Waals surface area contributed by atoms with E-state index in [-0.39, 0.29) is 6.61 Å². The van der Waals surface area contributed by atoms with Gasteiger partial charge in [0.15, 0.2) is 12.2 Å². The van der Waals surface area contributed by atoms with Crippen molar-refractivity contribution in [3.8, 4) is 0 Å². The number of rotatable bonds is 4. The number of hydrogen-bond donors (Lipinski definition) is 4. The molecule has 2 atom stereocenters. The van der Waals surface area contributed by atoms with Crippen LogP contribution in [-0.2, 0) is 20.9 Å². The summed E-state index contributed by atoms with van der Waals surface area (Å²) in [5.74, 6) is -0.879. The van der Waals surface area contributed by atoms with E-state index in [9.17, 15) is 14.7 Å². The molecule has 3 aromatic rings. The van der Waals surface area contributed by atoms with Crippen molar-refractivity contribution in [2.75, 3.05) is 23.4 Å². The van der Waals surface area contributed by atoms with Crippen LogP contribution in [0.1, 0.15) is 11.1 Å². The number of aliphatic hydroxyl groups excluding tert-OH is 1. The highest BCUT2D eigenvalue weighted by molar-refractivity contribution is 6.05. The maximum absolute atomic E-state index is 13.1. The lowest BCUT2D eigenvalue weighted by atomic mass is 10.1. The van der Waals surface area contributed by atoms with Gasteiger partial charge in [-0.15, -0.1) is 0 Å². The van der Waals surface area contributed by atoms with Crippen LogP contribution >= 0.6 is 0 Å². The Balaban J connectivity index is 1.31. The van der Waals surface area contributed by atoms with E-state index in [1.807, 2.05) is 24.3 Å². The van der Waals surface area contributed by atoms with Crippen molar-refractivity contribution in [3.05, 3.63) is 65.9 Å². The van der Waals surface area contributed by atoms with Gasteiger partial charge < -0.3 is 25.4 Å². The lowest BCUT2D eigenvalue weighted by Gasteiger charge is -2.34. The minimum absolute atomic E-state index is 0.188. The number of aliphatic hydroxyl groups is 1. The molecule has 1 aromatic heterocycles. The molecule has 2 aliphatic rings. The highest BCUT2D eigenvalue weighted by atomic mass is 16.5. The number of aromatic nitrogens is 1. The normalized spacial score (nSPS) is 18.9. The number of ether oxygens (including phenoxy) is 1. The molecule has 1 fully saturated rings. The largest absolute Gasteiger partial charge is 0.380 e. The fourth-order valence-electron chi connectivity index (χ4n) is 4.01. The van der Waals surface area contributed by atoms with Crippen LogP contribution in [0.2, 0.25) is 0 Å². The maximum atomic E-state index is 13.1. The summed E-state index contributed by atoms with van der Waals surface area (Å²) in [6.45, 7) is 1.000. The third-order valence-corrected chi connectivity index (χ3v) is 5.68. The molecule has 0 bridgehead atoms. The molecule has 0 saturated carbocycles. The first-order valence-corrected chi connectivity index (χ1v) is 10.2. The molecule has 3 heterocycles. The molecule has 0 radical (unpaired) electrons. The Morgan fingerprint density at radius 1 is 1.28 bits per heavy atom. The Labute approximate surface area is 183 Å². The zero-order valence-electron chi connectivity index (χ0n) is 17.0. The van der Waals surface area contributed by atoms with Crippen molar-refractivity contribution in [3.63, 3.8) is 0 Å². The standard InChI is InChI=1S/C23H21N5O4/c24-21-17-6-4-15(10-14(17)12-26-21)27-22(30)19(29)20-23(31)28(8-9-32-20)16-5-3-13-2-1-7-25-18(13)11-16/h1-7,10-11,19-20,29H,8-9,12H2,(H2,24,26)(H,27,30)/t19-,20-/m1/s1. The van der Waals surface area contributed by atoms with Gasteiger partial charge in [0.2, 0.25) is 0 Å². The van der Waals surface area contributed by atoms with Crippen LogP contribution in [0.25, 0.3) is 10.9 Å². The second kappa shape index (κ2) is 8.03. The van der Waals surface area contributed by atoms with Crippen molar-refractivity contribution in [1.29, 1.82) is 5.41 Å². The van der Waals surface area contributed by atoms with Crippen LogP contribution in [0.3, 0.4) is 0 Å². The second-order valence-electron chi connectivity index (χ2n) is 7.70. The Kier molecular flexibility index (Phi) is 5.04. The summed E-state index contributed by atoms with van der Waals surface area (Å²) in [6.07, 6.45) is -1.30. The van der Waals surface area contributed by atoms with Crippen LogP contribution in [0.5, 0.6) is 0 Å². The molecule has 9 nitrogen and oxygen atoms in total. The van der Waals surface area contributed by atoms with Gasteiger partial charge in [0.05, 0.1) is 12.1 Å². The first-order valence-electron chi connectivity index (χ1n) is 10.2. The van der Waals surface area contributed by atoms with Gasteiger partial charge in [-0.05, 0) is 42.0 Å². The summed E-state index contributed by atoms with van der Waals surface area (Å²) < 4.78 is 5.48. The van der Waals surface area contributed by atoms with E-state index in [0.29, 0.717) is 30.3 Å². The Morgan fingerprint density at radius 2 is 2.16 bits per heavy atom. The van der Waals surface area contributed by atoms with Gasteiger partial charge in [-0.1, -0.05) is 12.1 Å². The van der Waals surface area contributed by atoms with E-state index in [0.717, 1.165) is 22.0 Å². The first kappa shape index (κ1) is 20.1. The van der Waals surface area contributed by atoms with Gasteiger partial charge in [-0.3, -0.25) is 20.0 Å². The van der Waals surface area contributed by atoms with Crippen molar-refractivity contribution in [2.24, 2.45) is 0 Å². The van der Waals surface area contributed by atoms with Crippen LogP contribution in [-0.4, -0.2) is 53.1 Å². The first-order chi connectivity index (χ1) is 15.5. The number of hydrogen-bond acceptors (Lipinski definition) is 6. The summed E-state index contributed by atoms with van der Waals surface area (Å²) in [7, 11) is 0. The number of fused-ring (bicyclic) bond motifs is 2. The summed E-state index contributed by atoms with van der Waals surface area (Å²) in [5.41, 5.74) is 3.51. The second-order valence-corrected chi connectivity index (χ2v) is 7.70. The molecule has 0 unspecified atom stereocenters. The summed E-state index contributed by atoms with van der Waals surface area (Å²) >= 11 is 0. The average molecular weight is 431 g/mol. The van der Waals surface area contributed by atoms with E-state index < -0.39 is 24.0 Å². The number of morpholine rings is 1. The molecule has 1 saturated heterocycles. The van der Waals surface area contributed by atoms with Crippen LogP contribution < -0.4 is 15.5 Å². The zero-order chi connectivity index (χ0) is 22.2. The number of pyridine rings is 1. The van der Waals surface area contributed by atoms with E-state index in [2.05, 4.69) is 15.6 Å². The average Bonchev–Trinajstić information content (AvgIpc) is 3.18. The highest BCUT2D eigenvalue weighted by Gasteiger charge is 2.39. The topological polar surface area (TPSA) is 128 Å². The maximum Gasteiger partial charge on any atom is 0.259 e. The molecule has 2 amide bonds. The van der Waals surface area contributed by atoms with Crippen molar-refractivity contribution < 1.29 is 19.4 Å². The number of anilines is 2. The highest BCUT2D eigenvalue weighted by Crippen LogP contribution is 2.25. The molecule has 0 spiro atoms. The Morgan fingerprint density at radius 3 is 3.03 bits per heavy atom. The van der Waals surface area contributed by atoms with Crippen LogP contribution in [0, 0.1) is 5.41 Å². The molecule has 0 aliphatic carbocycles. The van der Waals surface area contributed by atoms with E-state index >= 15 is 0 Å². The molecule has 162 valence electrons. The third kappa shape index (κ3) is 3.57. The predicted octanol–water partition coefficient (Wildman–Crippen LogP) is 1.39. The van der Waals surface area contributed by atoms with E-state index in [4.69, 9.17) is 10.1 Å². The number of nitrogens with one attached hydrogen (secondary N) is 3. The molecular weight excluding hydrogens is 410 g/mol. The van der Waals surface area contributed by atoms with Gasteiger partial charge in [0.25, 0.3) is 11.8 Å². The number of amides is 2. The fraction of sp³-hybridized carbons (Fsp3) is 0.217. The van der Waals surface area contributed by atoms with Crippen molar-refractivity contribution in [2.45, 2.75) is 18.8 Å². The summed E-state index contributed by atoms with van der Waals surface area (Å²) in [5, 5.41) is 24.9. The lowest BCUT2D eigenvalue weighted by molar-refractivity contribution is -0.150. The Hall–Kier alpha value is -3.82. The zero-order valence-corrected chi connectivity index (χ0v) is 17.0. The van der Waals surface area contributed by atoms with Crippen LogP contribution in [0.15, 0.2) is 54.7 Å². The quantitative estimate of drug-likeness (QED) is 0.494. The molecule has 9 heteroatoms. The van der Waals surface area contributed by atoms with Crippen molar-refractivity contribution >= 4 is 39.9 Å². The lowest BCUT2D eigenvalue weighted by Crippen LogP contribution is -2.55. The van der Waals surface area contributed by atoms with Gasteiger partial charge >= 0.3 is 0 Å². The number of amidine groups is 1. The fourth-order valence-corrected chi connectivity index (χ4v) is 4.01. The van der Waals surface area contributed by atoms with Gasteiger partial charge in [0, 0.05) is 41.6 Å².